The van der Waals surface area contributed by atoms with E-state index in [4.69, 9.17) is 0 Å². The van der Waals surface area contributed by atoms with Crippen LogP contribution in [0.3, 0.4) is 0 Å². The number of hydrogen-bond acceptors (Lipinski definition) is 4. The maximum Gasteiger partial charge on any atom is 0.331 e. The number of carbonyl (C=O) groups is 1. The molecule has 0 spiro atoms. The molecular weight excluding hydrogens is 332 g/mol. The lowest BCUT2D eigenvalue weighted by molar-refractivity contribution is 0.0916. The van der Waals surface area contributed by atoms with E-state index in [-0.39, 0.29) is 11.7 Å². The first-order valence-electron chi connectivity index (χ1n) is 8.74. The predicted molar refractivity (Wildman–Crippen MR) is 99.3 cm³/mol. The van der Waals surface area contributed by atoms with Gasteiger partial charge in [-0.1, -0.05) is 24.3 Å². The van der Waals surface area contributed by atoms with Gasteiger partial charge in [-0.05, 0) is 24.5 Å². The van der Waals surface area contributed by atoms with Crippen molar-refractivity contribution in [3.63, 3.8) is 0 Å². The number of aromatic nitrogens is 2. The maximum atomic E-state index is 12.5. The van der Waals surface area contributed by atoms with Gasteiger partial charge in [-0.25, -0.2) is 4.79 Å². The Morgan fingerprint density at radius 2 is 1.85 bits per heavy atom. The number of amides is 1. The lowest BCUT2D eigenvalue weighted by atomic mass is 10.00. The van der Waals surface area contributed by atoms with E-state index in [1.54, 1.807) is 0 Å². The number of hydrogen-bond donors (Lipinski definition) is 1. The van der Waals surface area contributed by atoms with Gasteiger partial charge < -0.3 is 5.32 Å². The van der Waals surface area contributed by atoms with E-state index in [0.29, 0.717) is 6.54 Å². The molecule has 7 heteroatoms. The van der Waals surface area contributed by atoms with Crippen molar-refractivity contribution in [3.8, 4) is 0 Å². The minimum atomic E-state index is -0.511. The van der Waals surface area contributed by atoms with Crippen LogP contribution in [-0.2, 0) is 27.1 Å². The number of carbonyl (C=O) groups excluding carboxylic acids is 1. The molecule has 0 saturated heterocycles. The third kappa shape index (κ3) is 3.62. The largest absolute Gasteiger partial charge is 0.347 e. The van der Waals surface area contributed by atoms with Gasteiger partial charge in [0.1, 0.15) is 5.69 Å². The van der Waals surface area contributed by atoms with Crippen molar-refractivity contribution in [2.75, 3.05) is 13.1 Å². The first kappa shape index (κ1) is 18.1. The molecule has 0 unspecified atom stereocenters. The van der Waals surface area contributed by atoms with Crippen molar-refractivity contribution in [2.24, 2.45) is 14.1 Å². The highest BCUT2D eigenvalue weighted by Crippen LogP contribution is 2.18. The van der Waals surface area contributed by atoms with Crippen molar-refractivity contribution in [2.45, 2.75) is 25.9 Å². The first-order valence-corrected chi connectivity index (χ1v) is 8.74. The molecule has 0 bridgehead atoms. The van der Waals surface area contributed by atoms with Crippen LogP contribution in [0.4, 0.5) is 0 Å². The van der Waals surface area contributed by atoms with Crippen LogP contribution in [0.5, 0.6) is 0 Å². The molecule has 0 radical (unpaired) electrons. The Labute approximate surface area is 151 Å². The van der Waals surface area contributed by atoms with Gasteiger partial charge in [-0.3, -0.25) is 23.6 Å². The third-order valence-electron chi connectivity index (χ3n) is 4.88. The number of nitrogens with zero attached hydrogens (tertiary/aromatic N) is 3. The average Bonchev–Trinajstić information content (AvgIpc) is 2.62. The van der Waals surface area contributed by atoms with Crippen molar-refractivity contribution in [1.29, 1.82) is 0 Å². The first-order chi connectivity index (χ1) is 12.4. The van der Waals surface area contributed by atoms with Crippen molar-refractivity contribution in [3.05, 3.63) is 68.0 Å². The average molecular weight is 356 g/mol. The van der Waals surface area contributed by atoms with Gasteiger partial charge in [0.05, 0.1) is 0 Å². The normalized spacial score (nSPS) is 15.3. The molecule has 3 rings (SSSR count). The molecule has 0 aliphatic carbocycles. The molecule has 1 aromatic heterocycles. The molecule has 2 heterocycles. The molecular formula is C19H24N4O3. The Hall–Kier alpha value is -2.67. The van der Waals surface area contributed by atoms with Crippen LogP contribution >= 0.6 is 0 Å². The van der Waals surface area contributed by atoms with Crippen molar-refractivity contribution >= 4 is 5.91 Å². The Kier molecular flexibility index (Phi) is 5.08. The number of fused-ring (bicyclic) bond motifs is 1. The fourth-order valence-electron chi connectivity index (χ4n) is 3.39. The van der Waals surface area contributed by atoms with E-state index >= 15 is 0 Å². The molecule has 7 nitrogen and oxygen atoms in total. The summed E-state index contributed by atoms with van der Waals surface area (Å²) in [7, 11) is 2.88. The Balaban J connectivity index is 1.66. The summed E-state index contributed by atoms with van der Waals surface area (Å²) in [5.74, 6) is -0.410. The zero-order valence-corrected chi connectivity index (χ0v) is 15.4. The standard InChI is InChI=1S/C19H24N4O3/c1-13(11-23-9-8-14-6-4-5-7-15(14)12-23)20-18(25)16-10-17(24)22(3)19(26)21(16)2/h4-7,10,13H,8-9,11-12H2,1-3H3,(H,20,25)/t13-/m0/s1. The Morgan fingerprint density at radius 3 is 2.58 bits per heavy atom. The summed E-state index contributed by atoms with van der Waals surface area (Å²) < 4.78 is 2.17. The second-order valence-corrected chi connectivity index (χ2v) is 6.90. The summed E-state index contributed by atoms with van der Waals surface area (Å²) in [6.07, 6.45) is 1.00. The third-order valence-corrected chi connectivity index (χ3v) is 4.88. The molecule has 1 aliphatic heterocycles. The second kappa shape index (κ2) is 7.29. The molecule has 1 amide bonds. The molecule has 1 aliphatic rings. The van der Waals surface area contributed by atoms with Crippen LogP contribution in [0.2, 0.25) is 0 Å². The lowest BCUT2D eigenvalue weighted by Gasteiger charge is -2.31. The van der Waals surface area contributed by atoms with E-state index in [2.05, 4.69) is 28.4 Å². The summed E-state index contributed by atoms with van der Waals surface area (Å²) in [5, 5.41) is 2.89. The van der Waals surface area contributed by atoms with E-state index in [1.165, 1.54) is 35.9 Å². The van der Waals surface area contributed by atoms with Gasteiger partial charge in [0, 0.05) is 45.8 Å². The van der Waals surface area contributed by atoms with Gasteiger partial charge in [-0.2, -0.15) is 0 Å². The minimum Gasteiger partial charge on any atom is -0.347 e. The fraction of sp³-hybridized carbons (Fsp3) is 0.421. The SMILES string of the molecule is C[C@@H](CN1CCc2ccccc2C1)NC(=O)c1cc(=O)n(C)c(=O)n1C. The summed E-state index contributed by atoms with van der Waals surface area (Å²) >= 11 is 0. The highest BCUT2D eigenvalue weighted by atomic mass is 16.2. The summed E-state index contributed by atoms with van der Waals surface area (Å²) in [6.45, 7) is 4.44. The van der Waals surface area contributed by atoms with E-state index in [0.717, 1.165) is 24.1 Å². The van der Waals surface area contributed by atoms with Crippen LogP contribution in [0.25, 0.3) is 0 Å². The van der Waals surface area contributed by atoms with Gasteiger partial charge >= 0.3 is 5.69 Å². The lowest BCUT2D eigenvalue weighted by Crippen LogP contribution is -2.46. The molecule has 26 heavy (non-hydrogen) atoms. The molecule has 1 atom stereocenters. The Bertz CT molecular complexity index is 945. The summed E-state index contributed by atoms with van der Waals surface area (Å²) in [5.41, 5.74) is 1.79. The predicted octanol–water partition coefficient (Wildman–Crippen LogP) is 0.261. The molecule has 1 N–H and O–H groups in total. The van der Waals surface area contributed by atoms with Crippen LogP contribution in [0, 0.1) is 0 Å². The van der Waals surface area contributed by atoms with Gasteiger partial charge in [-0.15, -0.1) is 0 Å². The quantitative estimate of drug-likeness (QED) is 0.853. The zero-order valence-electron chi connectivity index (χ0n) is 15.4. The van der Waals surface area contributed by atoms with E-state index in [1.807, 2.05) is 13.0 Å². The number of rotatable bonds is 4. The van der Waals surface area contributed by atoms with Crippen LogP contribution in [0.1, 0.15) is 28.5 Å². The smallest absolute Gasteiger partial charge is 0.331 e. The molecule has 1 aromatic carbocycles. The van der Waals surface area contributed by atoms with Crippen LogP contribution < -0.4 is 16.6 Å². The van der Waals surface area contributed by atoms with E-state index in [9.17, 15) is 14.4 Å². The maximum absolute atomic E-state index is 12.5. The molecule has 138 valence electrons. The van der Waals surface area contributed by atoms with Crippen LogP contribution in [0.15, 0.2) is 39.9 Å². The number of nitrogens with one attached hydrogen (secondary N) is 1. The minimum absolute atomic E-state index is 0.0777. The van der Waals surface area contributed by atoms with E-state index < -0.39 is 17.2 Å². The van der Waals surface area contributed by atoms with Crippen molar-refractivity contribution in [1.82, 2.24) is 19.4 Å². The summed E-state index contributed by atoms with van der Waals surface area (Å²) in [4.78, 5) is 38.6. The van der Waals surface area contributed by atoms with Gasteiger partial charge in [0.25, 0.3) is 11.5 Å². The second-order valence-electron chi connectivity index (χ2n) is 6.90. The summed E-state index contributed by atoms with van der Waals surface area (Å²) in [6, 6.07) is 9.50. The fourth-order valence-corrected chi connectivity index (χ4v) is 3.39. The van der Waals surface area contributed by atoms with Gasteiger partial charge in [0.2, 0.25) is 0 Å². The number of benzene rings is 1. The molecule has 0 saturated carbocycles. The Morgan fingerprint density at radius 1 is 1.15 bits per heavy atom. The topological polar surface area (TPSA) is 76.3 Å². The zero-order chi connectivity index (χ0) is 18.8. The highest BCUT2D eigenvalue weighted by Gasteiger charge is 2.20. The highest BCUT2D eigenvalue weighted by molar-refractivity contribution is 5.92. The molecule has 0 fully saturated rings. The van der Waals surface area contributed by atoms with Crippen LogP contribution in [-0.4, -0.2) is 39.1 Å². The van der Waals surface area contributed by atoms with Crippen molar-refractivity contribution < 1.29 is 4.79 Å². The van der Waals surface area contributed by atoms with Gasteiger partial charge in [0.15, 0.2) is 0 Å². The monoisotopic (exact) mass is 356 g/mol. The molecule has 2 aromatic rings.